The summed E-state index contributed by atoms with van der Waals surface area (Å²) in [6.07, 6.45) is 3.61. The van der Waals surface area contributed by atoms with Gasteiger partial charge >= 0.3 is 5.97 Å². The first-order valence-corrected chi connectivity index (χ1v) is 9.73. The van der Waals surface area contributed by atoms with Gasteiger partial charge in [-0.05, 0) is 53.9 Å². The summed E-state index contributed by atoms with van der Waals surface area (Å²) in [6.45, 7) is 0.480. The second-order valence-electron chi connectivity index (χ2n) is 7.41. The number of amides is 1. The van der Waals surface area contributed by atoms with Gasteiger partial charge < -0.3 is 15.2 Å². The second-order valence-corrected chi connectivity index (χ2v) is 7.41. The number of fused-ring (bicyclic) bond motifs is 1. The molecule has 0 saturated heterocycles. The van der Waals surface area contributed by atoms with Crippen molar-refractivity contribution >= 4 is 11.9 Å². The number of hydrogen-bond acceptors (Lipinski definition) is 3. The van der Waals surface area contributed by atoms with Gasteiger partial charge in [-0.15, -0.1) is 0 Å². The van der Waals surface area contributed by atoms with Gasteiger partial charge in [0.25, 0.3) is 0 Å². The Bertz CT molecular complexity index is 833. The number of aliphatic carboxylic acids is 1. The summed E-state index contributed by atoms with van der Waals surface area (Å²) in [4.78, 5) is 24.3. The predicted molar refractivity (Wildman–Crippen MR) is 107 cm³/mol. The Balaban J connectivity index is 1.64. The molecule has 0 heterocycles. The molecule has 0 radical (unpaired) electrons. The molecule has 0 aliphatic heterocycles. The molecule has 0 fully saturated rings. The molecule has 1 amide bonds. The van der Waals surface area contributed by atoms with Crippen LogP contribution < -0.4 is 5.32 Å². The van der Waals surface area contributed by atoms with Crippen molar-refractivity contribution in [3.8, 4) is 0 Å². The van der Waals surface area contributed by atoms with E-state index in [2.05, 4.69) is 17.4 Å². The van der Waals surface area contributed by atoms with Crippen LogP contribution in [-0.4, -0.2) is 30.1 Å². The molecule has 0 bridgehead atoms. The smallest absolute Gasteiger partial charge is 0.326 e. The fraction of sp³-hybridized carbons (Fsp3) is 0.391. The van der Waals surface area contributed by atoms with E-state index in [4.69, 9.17) is 4.74 Å². The van der Waals surface area contributed by atoms with Crippen LogP contribution in [0.25, 0.3) is 0 Å². The zero-order chi connectivity index (χ0) is 19.9. The molecular formula is C23H27NO4. The van der Waals surface area contributed by atoms with Gasteiger partial charge in [0, 0.05) is 7.11 Å². The average Bonchev–Trinajstić information content (AvgIpc) is 2.68. The van der Waals surface area contributed by atoms with Gasteiger partial charge in [0.15, 0.2) is 0 Å². The van der Waals surface area contributed by atoms with E-state index >= 15 is 0 Å². The third kappa shape index (κ3) is 5.20. The van der Waals surface area contributed by atoms with E-state index < -0.39 is 12.0 Å². The molecule has 5 heteroatoms. The molecule has 28 heavy (non-hydrogen) atoms. The van der Waals surface area contributed by atoms with Gasteiger partial charge in [-0.1, -0.05) is 48.5 Å². The minimum absolute atomic E-state index is 0.155. The van der Waals surface area contributed by atoms with Crippen LogP contribution in [0, 0.1) is 0 Å². The van der Waals surface area contributed by atoms with E-state index in [9.17, 15) is 14.7 Å². The van der Waals surface area contributed by atoms with E-state index in [1.54, 1.807) is 7.11 Å². The lowest BCUT2D eigenvalue weighted by Gasteiger charge is -2.28. The summed E-state index contributed by atoms with van der Waals surface area (Å²) < 4.78 is 5.12. The van der Waals surface area contributed by atoms with Gasteiger partial charge in [0.05, 0.1) is 13.0 Å². The average molecular weight is 381 g/mol. The quantitative estimate of drug-likeness (QED) is 0.734. The molecule has 2 aromatic carbocycles. The van der Waals surface area contributed by atoms with Crippen molar-refractivity contribution in [2.45, 2.75) is 50.7 Å². The lowest BCUT2D eigenvalue weighted by molar-refractivity contribution is -0.142. The molecule has 1 aliphatic carbocycles. The Morgan fingerprint density at radius 2 is 1.96 bits per heavy atom. The van der Waals surface area contributed by atoms with Gasteiger partial charge in [0.2, 0.25) is 5.91 Å². The SMILES string of the molecule is COCc1cccc(CC(=O)NC(CC2CCCc3ccccc32)C(=O)O)c1. The number of methoxy groups -OCH3 is 1. The van der Waals surface area contributed by atoms with Crippen LogP contribution in [0.1, 0.15) is 47.4 Å². The number of aryl methyl sites for hydroxylation is 1. The van der Waals surface area contributed by atoms with Gasteiger partial charge in [0.1, 0.15) is 6.04 Å². The van der Waals surface area contributed by atoms with Gasteiger partial charge in [-0.2, -0.15) is 0 Å². The monoisotopic (exact) mass is 381 g/mol. The van der Waals surface area contributed by atoms with Crippen LogP contribution in [0.3, 0.4) is 0 Å². The molecule has 2 aromatic rings. The molecule has 148 valence electrons. The van der Waals surface area contributed by atoms with E-state index in [0.29, 0.717) is 13.0 Å². The number of carboxylic acid groups (broad SMARTS) is 1. The highest BCUT2D eigenvalue weighted by molar-refractivity contribution is 5.84. The fourth-order valence-corrected chi connectivity index (χ4v) is 4.03. The highest BCUT2D eigenvalue weighted by atomic mass is 16.5. The third-order valence-corrected chi connectivity index (χ3v) is 5.31. The molecule has 1 aliphatic rings. The number of ether oxygens (including phenoxy) is 1. The van der Waals surface area contributed by atoms with Crippen LogP contribution in [0.15, 0.2) is 48.5 Å². The van der Waals surface area contributed by atoms with Crippen molar-refractivity contribution < 1.29 is 19.4 Å². The predicted octanol–water partition coefficient (Wildman–Crippen LogP) is 3.46. The molecule has 5 nitrogen and oxygen atoms in total. The first kappa shape index (κ1) is 20.1. The Kier molecular flexibility index (Phi) is 6.82. The summed E-state index contributed by atoms with van der Waals surface area (Å²) in [5.41, 5.74) is 4.35. The van der Waals surface area contributed by atoms with Crippen molar-refractivity contribution in [3.05, 3.63) is 70.8 Å². The van der Waals surface area contributed by atoms with E-state index in [0.717, 1.165) is 30.4 Å². The first-order valence-electron chi connectivity index (χ1n) is 9.73. The number of carboxylic acids is 1. The number of rotatable bonds is 8. The molecule has 2 N–H and O–H groups in total. The standard InChI is InChI=1S/C23H27NO4/c1-28-15-17-7-4-6-16(12-17)13-22(25)24-21(23(26)27)14-19-10-5-9-18-8-2-3-11-20(18)19/h2-4,6-8,11-12,19,21H,5,9-10,13-15H2,1H3,(H,24,25)(H,26,27). The molecule has 2 unspecified atom stereocenters. The number of nitrogens with one attached hydrogen (secondary N) is 1. The van der Waals surface area contributed by atoms with Crippen LogP contribution in [-0.2, 0) is 33.8 Å². The van der Waals surface area contributed by atoms with Crippen molar-refractivity contribution in [2.24, 2.45) is 0 Å². The first-order chi connectivity index (χ1) is 13.6. The fourth-order valence-electron chi connectivity index (χ4n) is 4.03. The molecule has 3 rings (SSSR count). The van der Waals surface area contributed by atoms with Crippen LogP contribution in [0.4, 0.5) is 0 Å². The largest absolute Gasteiger partial charge is 0.480 e. The minimum Gasteiger partial charge on any atom is -0.480 e. The topological polar surface area (TPSA) is 75.6 Å². The second kappa shape index (κ2) is 9.51. The number of hydrogen-bond donors (Lipinski definition) is 2. The Hall–Kier alpha value is -2.66. The highest BCUT2D eigenvalue weighted by Gasteiger charge is 2.28. The summed E-state index contributed by atoms with van der Waals surface area (Å²) in [5.74, 6) is -1.09. The lowest BCUT2D eigenvalue weighted by atomic mass is 9.79. The van der Waals surface area contributed by atoms with E-state index in [-0.39, 0.29) is 18.2 Å². The van der Waals surface area contributed by atoms with Crippen LogP contribution in [0.2, 0.25) is 0 Å². The number of carbonyl (C=O) groups excluding carboxylic acids is 1. The zero-order valence-electron chi connectivity index (χ0n) is 16.2. The zero-order valence-corrected chi connectivity index (χ0v) is 16.2. The third-order valence-electron chi connectivity index (χ3n) is 5.31. The summed E-state index contributed by atoms with van der Waals surface area (Å²) in [7, 11) is 1.63. The molecule has 0 saturated carbocycles. The maximum Gasteiger partial charge on any atom is 0.326 e. The van der Waals surface area contributed by atoms with Crippen molar-refractivity contribution in [1.82, 2.24) is 5.32 Å². The van der Waals surface area contributed by atoms with Crippen molar-refractivity contribution in [3.63, 3.8) is 0 Å². The summed E-state index contributed by atoms with van der Waals surface area (Å²) in [5, 5.41) is 12.4. The molecule has 2 atom stereocenters. The Morgan fingerprint density at radius 3 is 2.75 bits per heavy atom. The van der Waals surface area contributed by atoms with Gasteiger partial charge in [-0.3, -0.25) is 4.79 Å². The van der Waals surface area contributed by atoms with Crippen molar-refractivity contribution in [2.75, 3.05) is 7.11 Å². The van der Waals surface area contributed by atoms with E-state index in [1.807, 2.05) is 36.4 Å². The van der Waals surface area contributed by atoms with Gasteiger partial charge in [-0.25, -0.2) is 4.79 Å². The van der Waals surface area contributed by atoms with Crippen LogP contribution >= 0.6 is 0 Å². The minimum atomic E-state index is -0.982. The summed E-state index contributed by atoms with van der Waals surface area (Å²) in [6, 6.07) is 14.9. The Labute approximate surface area is 165 Å². The Morgan fingerprint density at radius 1 is 1.18 bits per heavy atom. The summed E-state index contributed by atoms with van der Waals surface area (Å²) >= 11 is 0. The molecule has 0 spiro atoms. The van der Waals surface area contributed by atoms with Crippen LogP contribution in [0.5, 0.6) is 0 Å². The normalized spacial score (nSPS) is 16.8. The maximum atomic E-state index is 12.5. The van der Waals surface area contributed by atoms with E-state index in [1.165, 1.54) is 11.1 Å². The lowest BCUT2D eigenvalue weighted by Crippen LogP contribution is -2.42. The number of benzene rings is 2. The molecule has 0 aromatic heterocycles. The molecular weight excluding hydrogens is 354 g/mol. The number of carbonyl (C=O) groups is 2. The van der Waals surface area contributed by atoms with Crippen molar-refractivity contribution in [1.29, 1.82) is 0 Å². The maximum absolute atomic E-state index is 12.5. The highest BCUT2D eigenvalue weighted by Crippen LogP contribution is 2.34.